The van der Waals surface area contributed by atoms with Gasteiger partial charge >= 0.3 is 0 Å². The molecule has 1 aromatic heterocycles. The van der Waals surface area contributed by atoms with Gasteiger partial charge in [-0.15, -0.1) is 24.0 Å². The highest BCUT2D eigenvalue weighted by Crippen LogP contribution is 2.22. The van der Waals surface area contributed by atoms with Crippen molar-refractivity contribution in [1.29, 1.82) is 0 Å². The number of nitrogens with zero attached hydrogens (tertiary/aromatic N) is 1. The lowest BCUT2D eigenvalue weighted by atomic mass is 9.93. The van der Waals surface area contributed by atoms with Crippen molar-refractivity contribution in [3.63, 3.8) is 0 Å². The zero-order valence-corrected chi connectivity index (χ0v) is 18.5. The Labute approximate surface area is 174 Å². The molecule has 1 aromatic rings. The van der Waals surface area contributed by atoms with Gasteiger partial charge in [0.25, 0.3) is 0 Å². The summed E-state index contributed by atoms with van der Waals surface area (Å²) in [6, 6.07) is 4.36. The Hall–Kier alpha value is -0.800. The van der Waals surface area contributed by atoms with Crippen molar-refractivity contribution < 1.29 is 13.9 Å². The molecule has 0 saturated heterocycles. The number of rotatable bonds is 9. The van der Waals surface area contributed by atoms with Crippen LogP contribution in [0.15, 0.2) is 27.8 Å². The number of guanidine groups is 1. The van der Waals surface area contributed by atoms with Crippen LogP contribution in [0.4, 0.5) is 0 Å². The third kappa shape index (κ3) is 9.23. The molecule has 0 aromatic carbocycles. The summed E-state index contributed by atoms with van der Waals surface area (Å²) in [5.74, 6) is 1.84. The molecule has 1 saturated carbocycles. The van der Waals surface area contributed by atoms with Crippen LogP contribution in [0.2, 0.25) is 0 Å². The molecule has 7 heteroatoms. The molecule has 0 spiro atoms. The van der Waals surface area contributed by atoms with E-state index in [9.17, 15) is 0 Å². The monoisotopic (exact) mass is 479 g/mol. The summed E-state index contributed by atoms with van der Waals surface area (Å²) in [6.07, 6.45) is 7.69. The van der Waals surface area contributed by atoms with Crippen LogP contribution in [-0.2, 0) is 15.9 Å². The van der Waals surface area contributed by atoms with E-state index >= 15 is 0 Å². The first-order chi connectivity index (χ1) is 12.2. The molecule has 0 atom stereocenters. The minimum atomic E-state index is 0. The van der Waals surface area contributed by atoms with Gasteiger partial charge in [-0.05, 0) is 51.7 Å². The largest absolute Gasteiger partial charge is 0.469 e. The van der Waals surface area contributed by atoms with Crippen molar-refractivity contribution in [3.8, 4) is 0 Å². The van der Waals surface area contributed by atoms with E-state index in [2.05, 4.69) is 29.5 Å². The second-order valence-electron chi connectivity index (χ2n) is 6.78. The van der Waals surface area contributed by atoms with Crippen molar-refractivity contribution in [3.05, 3.63) is 24.2 Å². The maximum absolute atomic E-state index is 5.93. The van der Waals surface area contributed by atoms with E-state index in [0.29, 0.717) is 31.4 Å². The molecule has 26 heavy (non-hydrogen) atoms. The second kappa shape index (κ2) is 13.4. The zero-order chi connectivity index (χ0) is 17.9. The summed E-state index contributed by atoms with van der Waals surface area (Å²) >= 11 is 0. The molecule has 1 heterocycles. The molecule has 1 aliphatic rings. The fourth-order valence-corrected chi connectivity index (χ4v) is 3.08. The van der Waals surface area contributed by atoms with Crippen LogP contribution >= 0.6 is 24.0 Å². The Kier molecular flexibility index (Phi) is 12.0. The molecule has 6 nitrogen and oxygen atoms in total. The molecule has 1 aliphatic carbocycles. The molecule has 1 fully saturated rings. The fourth-order valence-electron chi connectivity index (χ4n) is 3.08. The van der Waals surface area contributed by atoms with Gasteiger partial charge < -0.3 is 24.5 Å². The van der Waals surface area contributed by atoms with Gasteiger partial charge in [0, 0.05) is 26.1 Å². The minimum Gasteiger partial charge on any atom is -0.469 e. The molecule has 0 unspecified atom stereocenters. The van der Waals surface area contributed by atoms with Crippen LogP contribution in [0.5, 0.6) is 0 Å². The standard InChI is InChI=1S/C19H33N3O3.HI/c1-15(2)25-18-8-6-16(7-9-18)22-19(21-12-14-23-3)20-11-10-17-5-4-13-24-17;/h4-5,13,15-16,18H,6-12,14H2,1-3H3,(H2,20,21,22);1H. The van der Waals surface area contributed by atoms with Crippen LogP contribution in [0.3, 0.4) is 0 Å². The van der Waals surface area contributed by atoms with Gasteiger partial charge in [0.05, 0.1) is 31.6 Å². The molecule has 0 bridgehead atoms. The lowest BCUT2D eigenvalue weighted by Crippen LogP contribution is -2.46. The molecule has 150 valence electrons. The quantitative estimate of drug-likeness (QED) is 0.246. The number of halogens is 1. The SMILES string of the molecule is COCCN=C(NCCc1ccco1)NC1CCC(OC(C)C)CC1.I. The maximum Gasteiger partial charge on any atom is 0.191 e. The molecule has 0 amide bonds. The molecular formula is C19H34IN3O3. The van der Waals surface area contributed by atoms with Gasteiger partial charge in [-0.1, -0.05) is 0 Å². The minimum absolute atomic E-state index is 0. The van der Waals surface area contributed by atoms with E-state index in [1.807, 2.05) is 12.1 Å². The molecule has 2 rings (SSSR count). The van der Waals surface area contributed by atoms with Gasteiger partial charge in [0.1, 0.15) is 5.76 Å². The number of aliphatic imine (C=N–C) groups is 1. The number of nitrogens with one attached hydrogen (secondary N) is 2. The topological polar surface area (TPSA) is 68.0 Å². The van der Waals surface area contributed by atoms with Crippen molar-refractivity contribution in [2.45, 2.75) is 64.2 Å². The lowest BCUT2D eigenvalue weighted by Gasteiger charge is -2.31. The third-order valence-corrected chi connectivity index (χ3v) is 4.29. The molecular weight excluding hydrogens is 445 g/mol. The number of hydrogen-bond acceptors (Lipinski definition) is 4. The van der Waals surface area contributed by atoms with E-state index in [1.165, 1.54) is 0 Å². The molecule has 0 aliphatic heterocycles. The van der Waals surface area contributed by atoms with Crippen LogP contribution in [0.25, 0.3) is 0 Å². The maximum atomic E-state index is 5.93. The van der Waals surface area contributed by atoms with Gasteiger partial charge in [-0.2, -0.15) is 0 Å². The average molecular weight is 479 g/mol. The van der Waals surface area contributed by atoms with E-state index in [4.69, 9.17) is 13.9 Å². The number of methoxy groups -OCH3 is 1. The summed E-state index contributed by atoms with van der Waals surface area (Å²) in [5.41, 5.74) is 0. The fraction of sp³-hybridized carbons (Fsp3) is 0.737. The van der Waals surface area contributed by atoms with Gasteiger partial charge in [-0.3, -0.25) is 4.99 Å². The third-order valence-electron chi connectivity index (χ3n) is 4.29. The Morgan fingerprint density at radius 3 is 2.69 bits per heavy atom. The predicted molar refractivity (Wildman–Crippen MR) is 115 cm³/mol. The van der Waals surface area contributed by atoms with Crippen molar-refractivity contribution >= 4 is 29.9 Å². The summed E-state index contributed by atoms with van der Waals surface area (Å²) in [5, 5.41) is 6.97. The Balaban J connectivity index is 0.00000338. The van der Waals surface area contributed by atoms with Crippen molar-refractivity contribution in [2.24, 2.45) is 4.99 Å². The Morgan fingerprint density at radius 1 is 1.31 bits per heavy atom. The van der Waals surface area contributed by atoms with Crippen LogP contribution < -0.4 is 10.6 Å². The second-order valence-corrected chi connectivity index (χ2v) is 6.78. The highest BCUT2D eigenvalue weighted by atomic mass is 127. The summed E-state index contributed by atoms with van der Waals surface area (Å²) in [4.78, 5) is 4.60. The van der Waals surface area contributed by atoms with E-state index < -0.39 is 0 Å². The highest BCUT2D eigenvalue weighted by Gasteiger charge is 2.23. The molecule has 0 radical (unpaired) electrons. The van der Waals surface area contributed by atoms with E-state index in [-0.39, 0.29) is 24.0 Å². The first-order valence-corrected chi connectivity index (χ1v) is 9.39. The number of hydrogen-bond donors (Lipinski definition) is 2. The van der Waals surface area contributed by atoms with Gasteiger partial charge in [0.15, 0.2) is 5.96 Å². The predicted octanol–water partition coefficient (Wildman–Crippen LogP) is 3.36. The highest BCUT2D eigenvalue weighted by molar-refractivity contribution is 14.0. The van der Waals surface area contributed by atoms with Gasteiger partial charge in [-0.25, -0.2) is 0 Å². The lowest BCUT2D eigenvalue weighted by molar-refractivity contribution is -0.0152. The van der Waals surface area contributed by atoms with Crippen molar-refractivity contribution in [2.75, 3.05) is 26.8 Å². The van der Waals surface area contributed by atoms with Crippen LogP contribution in [0.1, 0.15) is 45.3 Å². The Bertz CT molecular complexity index is 486. The smallest absolute Gasteiger partial charge is 0.191 e. The average Bonchev–Trinajstić information content (AvgIpc) is 3.09. The zero-order valence-electron chi connectivity index (χ0n) is 16.2. The number of furan rings is 1. The Morgan fingerprint density at radius 2 is 2.08 bits per heavy atom. The summed E-state index contributed by atoms with van der Waals surface area (Å²) < 4.78 is 16.4. The summed E-state index contributed by atoms with van der Waals surface area (Å²) in [7, 11) is 1.70. The number of ether oxygens (including phenoxy) is 2. The first-order valence-electron chi connectivity index (χ1n) is 9.39. The van der Waals surface area contributed by atoms with Crippen LogP contribution in [0, 0.1) is 0 Å². The first kappa shape index (κ1) is 23.2. The van der Waals surface area contributed by atoms with E-state index in [1.54, 1.807) is 13.4 Å². The van der Waals surface area contributed by atoms with E-state index in [0.717, 1.165) is 50.4 Å². The molecule has 2 N–H and O–H groups in total. The normalized spacial score (nSPS) is 20.7. The summed E-state index contributed by atoms with van der Waals surface area (Å²) in [6.45, 7) is 6.28. The van der Waals surface area contributed by atoms with Gasteiger partial charge in [0.2, 0.25) is 0 Å². The van der Waals surface area contributed by atoms with Crippen LogP contribution in [-0.4, -0.2) is 51.0 Å². The van der Waals surface area contributed by atoms with Crippen molar-refractivity contribution in [1.82, 2.24) is 10.6 Å².